The Morgan fingerprint density at radius 1 is 1.35 bits per heavy atom. The molecule has 0 bridgehead atoms. The summed E-state index contributed by atoms with van der Waals surface area (Å²) in [6, 6.07) is 5.04. The van der Waals surface area contributed by atoms with Gasteiger partial charge in [-0.25, -0.2) is 4.79 Å². The summed E-state index contributed by atoms with van der Waals surface area (Å²) in [5.41, 5.74) is 0.735. The van der Waals surface area contributed by atoms with E-state index < -0.39 is 5.97 Å². The average Bonchev–Trinajstić information content (AvgIpc) is 2.30. The van der Waals surface area contributed by atoms with E-state index in [0.717, 1.165) is 12.0 Å². The van der Waals surface area contributed by atoms with E-state index in [0.29, 0.717) is 18.8 Å². The Morgan fingerprint density at radius 3 is 2.76 bits per heavy atom. The largest absolute Gasteiger partial charge is 0.508 e. The van der Waals surface area contributed by atoms with Gasteiger partial charge in [-0.2, -0.15) is 0 Å². The van der Waals surface area contributed by atoms with Crippen LogP contribution in [0.2, 0.25) is 0 Å². The molecule has 1 aromatic rings. The molecule has 0 heterocycles. The van der Waals surface area contributed by atoms with E-state index in [9.17, 15) is 9.90 Å². The maximum absolute atomic E-state index is 11.2. The molecule has 0 aromatic heterocycles. The van der Waals surface area contributed by atoms with Gasteiger partial charge in [0.05, 0.1) is 6.61 Å². The number of hydrogen-bond acceptors (Lipinski definition) is 4. The predicted molar refractivity (Wildman–Crippen MR) is 64.2 cm³/mol. The molecule has 94 valence electrons. The van der Waals surface area contributed by atoms with Gasteiger partial charge in [0.25, 0.3) is 0 Å². The fraction of sp³-hybridized carbons (Fsp3) is 0.462. The smallest absolute Gasteiger partial charge is 0.344 e. The lowest BCUT2D eigenvalue weighted by atomic mass is 10.1. The van der Waals surface area contributed by atoms with Crippen LogP contribution in [0.3, 0.4) is 0 Å². The Hall–Kier alpha value is -1.71. The minimum absolute atomic E-state index is 0.131. The monoisotopic (exact) mass is 238 g/mol. The van der Waals surface area contributed by atoms with Gasteiger partial charge in [0, 0.05) is 5.56 Å². The minimum Gasteiger partial charge on any atom is -0.508 e. The van der Waals surface area contributed by atoms with Crippen molar-refractivity contribution < 1.29 is 19.4 Å². The second kappa shape index (κ2) is 6.78. The van der Waals surface area contributed by atoms with Crippen molar-refractivity contribution in [2.75, 3.05) is 13.2 Å². The van der Waals surface area contributed by atoms with Gasteiger partial charge in [-0.1, -0.05) is 19.4 Å². The molecule has 1 aromatic carbocycles. The molecule has 0 saturated carbocycles. The van der Waals surface area contributed by atoms with E-state index in [-0.39, 0.29) is 12.4 Å². The zero-order chi connectivity index (χ0) is 12.7. The number of carbonyl (C=O) groups excluding carboxylic acids is 1. The number of ether oxygens (including phenoxy) is 2. The summed E-state index contributed by atoms with van der Waals surface area (Å²) >= 11 is 0. The molecule has 0 spiro atoms. The highest BCUT2D eigenvalue weighted by atomic mass is 16.6. The molecule has 1 rings (SSSR count). The summed E-state index contributed by atoms with van der Waals surface area (Å²) in [7, 11) is 0. The molecule has 0 saturated heterocycles. The van der Waals surface area contributed by atoms with Gasteiger partial charge < -0.3 is 14.6 Å². The van der Waals surface area contributed by atoms with Gasteiger partial charge >= 0.3 is 5.97 Å². The molecule has 4 nitrogen and oxygen atoms in total. The van der Waals surface area contributed by atoms with Crippen molar-refractivity contribution in [1.82, 2.24) is 0 Å². The lowest BCUT2D eigenvalue weighted by molar-refractivity contribution is -0.145. The van der Waals surface area contributed by atoms with Crippen LogP contribution in [0.25, 0.3) is 0 Å². The van der Waals surface area contributed by atoms with Crippen molar-refractivity contribution in [3.8, 4) is 11.5 Å². The zero-order valence-electron chi connectivity index (χ0n) is 10.2. The topological polar surface area (TPSA) is 55.8 Å². The Kier molecular flexibility index (Phi) is 5.33. The van der Waals surface area contributed by atoms with Gasteiger partial charge in [-0.15, -0.1) is 0 Å². The second-order valence-electron chi connectivity index (χ2n) is 3.60. The van der Waals surface area contributed by atoms with Gasteiger partial charge in [-0.05, 0) is 25.5 Å². The summed E-state index contributed by atoms with van der Waals surface area (Å²) in [6.45, 7) is 3.97. The van der Waals surface area contributed by atoms with Crippen LogP contribution in [0.15, 0.2) is 18.2 Å². The highest BCUT2D eigenvalue weighted by Crippen LogP contribution is 2.28. The van der Waals surface area contributed by atoms with Gasteiger partial charge in [0.2, 0.25) is 0 Å². The quantitative estimate of drug-likeness (QED) is 0.772. The third kappa shape index (κ3) is 3.98. The van der Waals surface area contributed by atoms with Gasteiger partial charge in [-0.3, -0.25) is 0 Å². The Morgan fingerprint density at radius 2 is 2.12 bits per heavy atom. The molecule has 0 fully saturated rings. The van der Waals surface area contributed by atoms with Crippen LogP contribution in [0.5, 0.6) is 11.5 Å². The molecular formula is C13H18O4. The molecular weight excluding hydrogens is 220 g/mol. The normalized spacial score (nSPS) is 10.0. The maximum atomic E-state index is 11.2. The van der Waals surface area contributed by atoms with Crippen LogP contribution in [0.1, 0.15) is 25.8 Å². The fourth-order valence-corrected chi connectivity index (χ4v) is 1.53. The number of aromatic hydroxyl groups is 1. The SMILES string of the molecule is CCCc1c(O)cccc1OCC(=O)OCC. The summed E-state index contributed by atoms with van der Waals surface area (Å²) in [4.78, 5) is 11.2. The molecule has 0 aliphatic carbocycles. The van der Waals surface area contributed by atoms with Crippen LogP contribution in [-0.4, -0.2) is 24.3 Å². The number of rotatable bonds is 6. The highest BCUT2D eigenvalue weighted by Gasteiger charge is 2.10. The van der Waals surface area contributed by atoms with Crippen LogP contribution in [0, 0.1) is 0 Å². The van der Waals surface area contributed by atoms with E-state index in [1.807, 2.05) is 6.92 Å². The third-order valence-corrected chi connectivity index (χ3v) is 2.26. The summed E-state index contributed by atoms with van der Waals surface area (Å²) in [5, 5.41) is 9.69. The van der Waals surface area contributed by atoms with Crippen LogP contribution >= 0.6 is 0 Å². The second-order valence-corrected chi connectivity index (χ2v) is 3.60. The summed E-state index contributed by atoms with van der Waals surface area (Å²) in [5.74, 6) is 0.339. The standard InChI is InChI=1S/C13H18O4/c1-3-6-10-11(14)7-5-8-12(10)17-9-13(15)16-4-2/h5,7-8,14H,3-4,6,9H2,1-2H3. The molecule has 0 unspecified atom stereocenters. The highest BCUT2D eigenvalue weighted by molar-refractivity contribution is 5.71. The van der Waals surface area contributed by atoms with Crippen molar-refractivity contribution in [2.24, 2.45) is 0 Å². The van der Waals surface area contributed by atoms with Crippen LogP contribution in [0.4, 0.5) is 0 Å². The minimum atomic E-state index is -0.404. The van der Waals surface area contributed by atoms with E-state index in [2.05, 4.69) is 0 Å². The number of phenols is 1. The van der Waals surface area contributed by atoms with Crippen molar-refractivity contribution in [1.29, 1.82) is 0 Å². The summed E-state index contributed by atoms with van der Waals surface area (Å²) in [6.07, 6.45) is 1.61. The van der Waals surface area contributed by atoms with Crippen molar-refractivity contribution >= 4 is 5.97 Å². The van der Waals surface area contributed by atoms with Crippen molar-refractivity contribution in [3.63, 3.8) is 0 Å². The first kappa shape index (κ1) is 13.4. The third-order valence-electron chi connectivity index (χ3n) is 2.26. The number of phenolic OH excluding ortho intramolecular Hbond substituents is 1. The lowest BCUT2D eigenvalue weighted by Gasteiger charge is -2.11. The Balaban J connectivity index is 2.69. The van der Waals surface area contributed by atoms with E-state index in [1.165, 1.54) is 0 Å². The molecule has 4 heteroatoms. The molecule has 0 atom stereocenters. The average molecular weight is 238 g/mol. The first-order valence-electron chi connectivity index (χ1n) is 5.78. The Labute approximate surface area is 101 Å². The molecule has 1 N–H and O–H groups in total. The number of hydrogen-bond donors (Lipinski definition) is 1. The first-order chi connectivity index (χ1) is 8.19. The fourth-order valence-electron chi connectivity index (χ4n) is 1.53. The van der Waals surface area contributed by atoms with Crippen molar-refractivity contribution in [3.05, 3.63) is 23.8 Å². The molecule has 0 aliphatic heterocycles. The van der Waals surface area contributed by atoms with Crippen LogP contribution in [-0.2, 0) is 16.0 Å². The number of carbonyl (C=O) groups is 1. The van der Waals surface area contributed by atoms with Gasteiger partial charge in [0.15, 0.2) is 6.61 Å². The van der Waals surface area contributed by atoms with Crippen LogP contribution < -0.4 is 4.74 Å². The first-order valence-corrected chi connectivity index (χ1v) is 5.78. The molecule has 0 amide bonds. The predicted octanol–water partition coefficient (Wildman–Crippen LogP) is 2.29. The molecule has 0 aliphatic rings. The summed E-state index contributed by atoms with van der Waals surface area (Å²) < 4.78 is 10.1. The molecule has 17 heavy (non-hydrogen) atoms. The number of esters is 1. The number of benzene rings is 1. The van der Waals surface area contributed by atoms with E-state index in [1.54, 1.807) is 25.1 Å². The van der Waals surface area contributed by atoms with Crippen molar-refractivity contribution in [2.45, 2.75) is 26.7 Å². The van der Waals surface area contributed by atoms with E-state index >= 15 is 0 Å². The zero-order valence-corrected chi connectivity index (χ0v) is 10.2. The lowest BCUT2D eigenvalue weighted by Crippen LogP contribution is -2.15. The maximum Gasteiger partial charge on any atom is 0.344 e. The van der Waals surface area contributed by atoms with E-state index in [4.69, 9.17) is 9.47 Å². The Bertz CT molecular complexity index is 374. The van der Waals surface area contributed by atoms with Gasteiger partial charge in [0.1, 0.15) is 11.5 Å². The molecule has 0 radical (unpaired) electrons.